The largest absolute Gasteiger partial charge is 0.462 e. The third-order valence-electron chi connectivity index (χ3n) is 8.58. The molecule has 0 aliphatic carbocycles. The van der Waals surface area contributed by atoms with Crippen LogP contribution in [0.5, 0.6) is 0 Å². The highest BCUT2D eigenvalue weighted by atomic mass is 16.6. The molecule has 0 spiro atoms. The highest BCUT2D eigenvalue weighted by Crippen LogP contribution is 2.15. The van der Waals surface area contributed by atoms with Crippen molar-refractivity contribution < 1.29 is 24.5 Å². The standard InChI is InChI=1S/C38H74O4.H2O/c1-3-5-7-9-11-13-15-17-19-21-23-25-27-29-31-33-37(39)41-35-36-42-38(40)34-32-30-28-26-24-22-20-18-16-14-12-10-8-6-4-2;/h3-36H2,1-2H3;1H2. The first kappa shape index (κ1) is 44.0. The Morgan fingerprint density at radius 2 is 0.512 bits per heavy atom. The molecule has 2 N–H and O–H groups in total. The van der Waals surface area contributed by atoms with Gasteiger partial charge in [0, 0.05) is 12.8 Å². The fourth-order valence-corrected chi connectivity index (χ4v) is 5.74. The molecule has 0 bridgehead atoms. The maximum atomic E-state index is 11.9. The monoisotopic (exact) mass is 613 g/mol. The number of ether oxygens (including phenoxy) is 2. The first-order valence-corrected chi connectivity index (χ1v) is 19.0. The fraction of sp³-hybridized carbons (Fsp3) is 0.947. The Hall–Kier alpha value is -1.10. The predicted molar refractivity (Wildman–Crippen MR) is 185 cm³/mol. The summed E-state index contributed by atoms with van der Waals surface area (Å²) in [7, 11) is 0. The lowest BCUT2D eigenvalue weighted by atomic mass is 10.0. The van der Waals surface area contributed by atoms with Crippen LogP contribution in [0.1, 0.15) is 219 Å². The first-order chi connectivity index (χ1) is 20.7. The Balaban J connectivity index is 0. The SMILES string of the molecule is CCCCCCCCCCCCCCCCCC(=O)OCCOC(=O)CCCCCCCCCCCCCCCCC.O. The van der Waals surface area contributed by atoms with Crippen molar-refractivity contribution in [3.8, 4) is 0 Å². The van der Waals surface area contributed by atoms with Crippen LogP contribution in [0.3, 0.4) is 0 Å². The molecular formula is C38H76O5. The van der Waals surface area contributed by atoms with E-state index in [0.717, 1.165) is 25.7 Å². The van der Waals surface area contributed by atoms with Gasteiger partial charge in [0.2, 0.25) is 0 Å². The number of unbranched alkanes of at least 4 members (excludes halogenated alkanes) is 28. The minimum absolute atomic E-state index is 0. The third kappa shape index (κ3) is 38.9. The van der Waals surface area contributed by atoms with Crippen LogP contribution < -0.4 is 0 Å². The third-order valence-corrected chi connectivity index (χ3v) is 8.58. The Kier molecular flexibility index (Phi) is 39.9. The summed E-state index contributed by atoms with van der Waals surface area (Å²) in [5, 5.41) is 0. The van der Waals surface area contributed by atoms with E-state index in [9.17, 15) is 9.59 Å². The van der Waals surface area contributed by atoms with Crippen LogP contribution in [0.2, 0.25) is 0 Å². The minimum Gasteiger partial charge on any atom is -0.462 e. The molecule has 258 valence electrons. The Bertz CT molecular complexity index is 502. The van der Waals surface area contributed by atoms with Gasteiger partial charge in [-0.1, -0.05) is 194 Å². The highest BCUT2D eigenvalue weighted by Gasteiger charge is 2.06. The molecule has 0 aromatic heterocycles. The van der Waals surface area contributed by atoms with Gasteiger partial charge in [0.1, 0.15) is 13.2 Å². The predicted octanol–water partition coefficient (Wildman–Crippen LogP) is 11.8. The summed E-state index contributed by atoms with van der Waals surface area (Å²) in [6.07, 6.45) is 40.5. The van der Waals surface area contributed by atoms with E-state index in [1.807, 2.05) is 0 Å². The zero-order valence-corrected chi connectivity index (χ0v) is 29.2. The number of carbonyl (C=O) groups excluding carboxylic acids is 2. The molecule has 0 heterocycles. The summed E-state index contributed by atoms with van der Waals surface area (Å²) in [5.74, 6) is -0.327. The lowest BCUT2D eigenvalue weighted by Gasteiger charge is -2.07. The summed E-state index contributed by atoms with van der Waals surface area (Å²) in [6, 6.07) is 0. The summed E-state index contributed by atoms with van der Waals surface area (Å²) in [5.41, 5.74) is 0. The molecule has 0 fully saturated rings. The second-order valence-corrected chi connectivity index (χ2v) is 12.8. The zero-order valence-electron chi connectivity index (χ0n) is 29.2. The van der Waals surface area contributed by atoms with Gasteiger partial charge in [0.25, 0.3) is 0 Å². The molecular weight excluding hydrogens is 536 g/mol. The van der Waals surface area contributed by atoms with E-state index in [4.69, 9.17) is 9.47 Å². The Labute approximate surface area is 268 Å². The minimum atomic E-state index is -0.164. The van der Waals surface area contributed by atoms with Crippen molar-refractivity contribution in [3.63, 3.8) is 0 Å². The van der Waals surface area contributed by atoms with Gasteiger partial charge in [0.15, 0.2) is 0 Å². The van der Waals surface area contributed by atoms with Crippen molar-refractivity contribution in [3.05, 3.63) is 0 Å². The molecule has 0 unspecified atom stereocenters. The van der Waals surface area contributed by atoms with Gasteiger partial charge in [0.05, 0.1) is 0 Å². The van der Waals surface area contributed by atoms with Crippen molar-refractivity contribution >= 4 is 11.9 Å². The smallest absolute Gasteiger partial charge is 0.305 e. The zero-order chi connectivity index (χ0) is 30.6. The Morgan fingerprint density at radius 1 is 0.326 bits per heavy atom. The second-order valence-electron chi connectivity index (χ2n) is 12.8. The number of carbonyl (C=O) groups is 2. The van der Waals surface area contributed by atoms with E-state index in [1.54, 1.807) is 0 Å². The maximum Gasteiger partial charge on any atom is 0.305 e. The maximum absolute atomic E-state index is 11.9. The van der Waals surface area contributed by atoms with Crippen LogP contribution in [-0.4, -0.2) is 30.6 Å². The molecule has 0 aromatic carbocycles. The average Bonchev–Trinajstić information content (AvgIpc) is 2.99. The first-order valence-electron chi connectivity index (χ1n) is 19.0. The molecule has 0 aliphatic heterocycles. The van der Waals surface area contributed by atoms with Gasteiger partial charge < -0.3 is 14.9 Å². The van der Waals surface area contributed by atoms with Crippen molar-refractivity contribution in [2.24, 2.45) is 0 Å². The summed E-state index contributed by atoms with van der Waals surface area (Å²) in [4.78, 5) is 23.8. The number of rotatable bonds is 35. The van der Waals surface area contributed by atoms with E-state index in [0.29, 0.717) is 12.8 Å². The van der Waals surface area contributed by atoms with Crippen molar-refractivity contribution in [1.29, 1.82) is 0 Å². The molecule has 5 heteroatoms. The van der Waals surface area contributed by atoms with Gasteiger partial charge >= 0.3 is 11.9 Å². The molecule has 43 heavy (non-hydrogen) atoms. The van der Waals surface area contributed by atoms with Crippen molar-refractivity contribution in [2.75, 3.05) is 13.2 Å². The molecule has 0 radical (unpaired) electrons. The summed E-state index contributed by atoms with van der Waals surface area (Å²) >= 11 is 0. The molecule has 0 aliphatic rings. The topological polar surface area (TPSA) is 84.1 Å². The van der Waals surface area contributed by atoms with Crippen LogP contribution in [0.25, 0.3) is 0 Å². The number of hydrogen-bond acceptors (Lipinski definition) is 4. The van der Waals surface area contributed by atoms with Crippen LogP contribution >= 0.6 is 0 Å². The Morgan fingerprint density at radius 3 is 0.721 bits per heavy atom. The van der Waals surface area contributed by atoms with E-state index < -0.39 is 0 Å². The molecule has 0 saturated carbocycles. The number of hydrogen-bond donors (Lipinski definition) is 0. The normalized spacial score (nSPS) is 10.9. The molecule has 0 saturated heterocycles. The quantitative estimate of drug-likeness (QED) is 0.0526. The molecule has 0 aromatic rings. The van der Waals surface area contributed by atoms with Gasteiger partial charge in [-0.15, -0.1) is 0 Å². The highest BCUT2D eigenvalue weighted by molar-refractivity contribution is 5.70. The van der Waals surface area contributed by atoms with Gasteiger partial charge in [-0.2, -0.15) is 0 Å². The molecule has 0 rings (SSSR count). The fourth-order valence-electron chi connectivity index (χ4n) is 5.74. The van der Waals surface area contributed by atoms with E-state index in [-0.39, 0.29) is 30.6 Å². The van der Waals surface area contributed by atoms with E-state index in [1.165, 1.54) is 167 Å². The summed E-state index contributed by atoms with van der Waals surface area (Å²) in [6.45, 7) is 4.92. The van der Waals surface area contributed by atoms with Crippen LogP contribution in [0, 0.1) is 0 Å². The lowest BCUT2D eigenvalue weighted by Crippen LogP contribution is -2.13. The van der Waals surface area contributed by atoms with Crippen LogP contribution in [0.15, 0.2) is 0 Å². The summed E-state index contributed by atoms with van der Waals surface area (Å²) < 4.78 is 10.5. The van der Waals surface area contributed by atoms with Gasteiger partial charge in [-0.3, -0.25) is 9.59 Å². The average molecular weight is 613 g/mol. The van der Waals surface area contributed by atoms with Crippen molar-refractivity contribution in [1.82, 2.24) is 0 Å². The molecule has 5 nitrogen and oxygen atoms in total. The second kappa shape index (κ2) is 38.9. The van der Waals surface area contributed by atoms with E-state index >= 15 is 0 Å². The lowest BCUT2D eigenvalue weighted by molar-refractivity contribution is -0.152. The molecule has 0 atom stereocenters. The van der Waals surface area contributed by atoms with Gasteiger partial charge in [-0.05, 0) is 12.8 Å². The van der Waals surface area contributed by atoms with Crippen molar-refractivity contribution in [2.45, 2.75) is 219 Å². The number of esters is 2. The van der Waals surface area contributed by atoms with E-state index in [2.05, 4.69) is 13.8 Å². The van der Waals surface area contributed by atoms with Gasteiger partial charge in [-0.25, -0.2) is 0 Å². The van der Waals surface area contributed by atoms with Crippen LogP contribution in [0.4, 0.5) is 0 Å². The molecule has 0 amide bonds. The van der Waals surface area contributed by atoms with Crippen LogP contribution in [-0.2, 0) is 19.1 Å².